The van der Waals surface area contributed by atoms with Crippen molar-refractivity contribution in [2.45, 2.75) is 19.3 Å². The number of nitrogens with zero attached hydrogens (tertiary/aromatic N) is 1. The van der Waals surface area contributed by atoms with Crippen LogP contribution in [-0.4, -0.2) is 31.8 Å². The van der Waals surface area contributed by atoms with Crippen LogP contribution in [0.3, 0.4) is 0 Å². The van der Waals surface area contributed by atoms with Gasteiger partial charge in [0.05, 0.1) is 0 Å². The van der Waals surface area contributed by atoms with Crippen molar-refractivity contribution in [2.24, 2.45) is 0 Å². The number of halogens is 1. The maximum absolute atomic E-state index is 12.0. The van der Waals surface area contributed by atoms with E-state index >= 15 is 0 Å². The van der Waals surface area contributed by atoms with Crippen molar-refractivity contribution < 1.29 is 9.59 Å². The summed E-state index contributed by atoms with van der Waals surface area (Å²) in [4.78, 5) is 26.0. The molecule has 0 heterocycles. The third-order valence-electron chi connectivity index (χ3n) is 3.93. The zero-order valence-electron chi connectivity index (χ0n) is 14.4. The molecule has 0 fully saturated rings. The molecule has 0 unspecified atom stereocenters. The van der Waals surface area contributed by atoms with Crippen LogP contribution in [0.4, 0.5) is 5.69 Å². The fourth-order valence-electron chi connectivity index (χ4n) is 2.45. The smallest absolute Gasteiger partial charge is 0.220 e. The van der Waals surface area contributed by atoms with E-state index in [4.69, 9.17) is 11.6 Å². The Morgan fingerprint density at radius 1 is 1.00 bits per heavy atom. The summed E-state index contributed by atoms with van der Waals surface area (Å²) < 4.78 is 0. The number of carbonyl (C=O) groups is 2. The fraction of sp³-hybridized carbons (Fsp3) is 0.300. The fourth-order valence-corrected chi connectivity index (χ4v) is 2.58. The minimum absolute atomic E-state index is 0.0457. The number of nitrogens with one attached hydrogen (secondary N) is 1. The van der Waals surface area contributed by atoms with Crippen molar-refractivity contribution in [1.82, 2.24) is 5.32 Å². The first kappa shape index (κ1) is 19.0. The third kappa shape index (κ3) is 6.59. The van der Waals surface area contributed by atoms with Gasteiger partial charge in [0.1, 0.15) is 0 Å². The summed E-state index contributed by atoms with van der Waals surface area (Å²) in [6.07, 6.45) is 1.26. The Kier molecular flexibility index (Phi) is 7.48. The molecule has 0 radical (unpaired) electrons. The van der Waals surface area contributed by atoms with Gasteiger partial charge in [-0.3, -0.25) is 9.59 Å². The highest BCUT2D eigenvalue weighted by Gasteiger charge is 2.09. The van der Waals surface area contributed by atoms with Crippen molar-refractivity contribution in [3.05, 3.63) is 65.2 Å². The van der Waals surface area contributed by atoms with E-state index in [-0.39, 0.29) is 24.5 Å². The average molecular weight is 359 g/mol. The number of amides is 1. The van der Waals surface area contributed by atoms with Crippen LogP contribution in [0.1, 0.15) is 29.6 Å². The number of benzene rings is 2. The minimum atomic E-state index is -0.0929. The lowest BCUT2D eigenvalue weighted by Crippen LogP contribution is -2.28. The van der Waals surface area contributed by atoms with Crippen LogP contribution in [0.5, 0.6) is 0 Å². The molecule has 25 heavy (non-hydrogen) atoms. The summed E-state index contributed by atoms with van der Waals surface area (Å²) in [7, 11) is 2.03. The molecule has 0 aromatic heterocycles. The quantitative estimate of drug-likeness (QED) is 0.545. The van der Waals surface area contributed by atoms with Crippen LogP contribution in [0.2, 0.25) is 5.02 Å². The van der Waals surface area contributed by atoms with Gasteiger partial charge in [-0.2, -0.15) is 0 Å². The summed E-state index contributed by atoms with van der Waals surface area (Å²) >= 11 is 5.80. The largest absolute Gasteiger partial charge is 0.375 e. The molecule has 0 bridgehead atoms. The molecular formula is C20H23ClN2O2. The summed E-state index contributed by atoms with van der Waals surface area (Å²) in [6, 6.07) is 16.8. The number of hydrogen-bond donors (Lipinski definition) is 1. The Hall–Kier alpha value is -2.33. The standard InChI is InChI=1S/C20H23ClN2O2/c1-23(18-6-3-2-4-7-18)15-5-14-22-20(25)13-12-19(24)16-8-10-17(21)11-9-16/h2-4,6-11H,5,12-15H2,1H3,(H,22,25). The lowest BCUT2D eigenvalue weighted by atomic mass is 10.1. The molecule has 132 valence electrons. The van der Waals surface area contributed by atoms with Gasteiger partial charge in [0, 0.05) is 49.3 Å². The number of Topliss-reactive ketones (excluding diaryl/α,β-unsaturated/α-hetero) is 1. The molecule has 5 heteroatoms. The lowest BCUT2D eigenvalue weighted by Gasteiger charge is -2.19. The highest BCUT2D eigenvalue weighted by atomic mass is 35.5. The van der Waals surface area contributed by atoms with Gasteiger partial charge in [0.25, 0.3) is 0 Å². The van der Waals surface area contributed by atoms with Gasteiger partial charge in [0.15, 0.2) is 5.78 Å². The van der Waals surface area contributed by atoms with Gasteiger partial charge in [-0.25, -0.2) is 0 Å². The zero-order chi connectivity index (χ0) is 18.1. The average Bonchev–Trinajstić information content (AvgIpc) is 2.64. The Labute approximate surface area is 153 Å². The second kappa shape index (κ2) is 9.84. The number of rotatable bonds is 9. The maximum Gasteiger partial charge on any atom is 0.220 e. The van der Waals surface area contributed by atoms with Crippen LogP contribution < -0.4 is 10.2 Å². The van der Waals surface area contributed by atoms with E-state index in [1.807, 2.05) is 25.2 Å². The molecule has 1 amide bonds. The van der Waals surface area contributed by atoms with E-state index in [2.05, 4.69) is 22.3 Å². The Morgan fingerprint density at radius 3 is 2.36 bits per heavy atom. The van der Waals surface area contributed by atoms with Crippen molar-refractivity contribution in [1.29, 1.82) is 0 Å². The predicted molar refractivity (Wildman–Crippen MR) is 102 cm³/mol. The molecule has 1 N–H and O–H groups in total. The van der Waals surface area contributed by atoms with E-state index in [1.54, 1.807) is 24.3 Å². The Morgan fingerprint density at radius 2 is 1.68 bits per heavy atom. The van der Waals surface area contributed by atoms with Crippen molar-refractivity contribution in [3.8, 4) is 0 Å². The molecule has 0 spiro atoms. The molecule has 0 saturated heterocycles. The predicted octanol–water partition coefficient (Wildman–Crippen LogP) is 3.95. The molecule has 2 aromatic carbocycles. The summed E-state index contributed by atoms with van der Waals surface area (Å²) in [5, 5.41) is 3.46. The van der Waals surface area contributed by atoms with Crippen LogP contribution >= 0.6 is 11.6 Å². The number of carbonyl (C=O) groups excluding carboxylic acids is 2. The van der Waals surface area contributed by atoms with E-state index in [0.29, 0.717) is 17.1 Å². The summed E-state index contributed by atoms with van der Waals surface area (Å²) in [5.41, 5.74) is 1.74. The Bertz CT molecular complexity index is 687. The molecule has 0 saturated carbocycles. The number of hydrogen-bond acceptors (Lipinski definition) is 3. The van der Waals surface area contributed by atoms with Crippen LogP contribution in [0.25, 0.3) is 0 Å². The highest BCUT2D eigenvalue weighted by Crippen LogP contribution is 2.12. The monoisotopic (exact) mass is 358 g/mol. The number of ketones is 1. The summed E-state index contributed by atoms with van der Waals surface area (Å²) in [6.45, 7) is 1.46. The van der Waals surface area contributed by atoms with Crippen molar-refractivity contribution in [3.63, 3.8) is 0 Å². The van der Waals surface area contributed by atoms with Crippen LogP contribution in [0.15, 0.2) is 54.6 Å². The topological polar surface area (TPSA) is 49.4 Å². The maximum atomic E-state index is 12.0. The second-order valence-corrected chi connectivity index (χ2v) is 6.33. The molecule has 2 rings (SSSR count). The molecule has 2 aromatic rings. The molecule has 0 aliphatic heterocycles. The Balaban J connectivity index is 1.62. The lowest BCUT2D eigenvalue weighted by molar-refractivity contribution is -0.121. The van der Waals surface area contributed by atoms with E-state index in [9.17, 15) is 9.59 Å². The molecule has 4 nitrogen and oxygen atoms in total. The zero-order valence-corrected chi connectivity index (χ0v) is 15.1. The first-order valence-electron chi connectivity index (χ1n) is 8.38. The number of para-hydroxylation sites is 1. The van der Waals surface area contributed by atoms with Crippen molar-refractivity contribution in [2.75, 3.05) is 25.0 Å². The van der Waals surface area contributed by atoms with Gasteiger partial charge in [-0.15, -0.1) is 0 Å². The highest BCUT2D eigenvalue weighted by molar-refractivity contribution is 6.30. The molecule has 0 aliphatic carbocycles. The second-order valence-electron chi connectivity index (χ2n) is 5.89. The first-order valence-corrected chi connectivity index (χ1v) is 8.75. The van der Waals surface area contributed by atoms with Gasteiger partial charge in [-0.1, -0.05) is 29.8 Å². The number of anilines is 1. The molecule has 0 aliphatic rings. The molecular weight excluding hydrogens is 336 g/mol. The normalized spacial score (nSPS) is 10.3. The third-order valence-corrected chi connectivity index (χ3v) is 4.19. The van der Waals surface area contributed by atoms with Crippen LogP contribution in [-0.2, 0) is 4.79 Å². The van der Waals surface area contributed by atoms with Gasteiger partial charge in [-0.05, 0) is 42.8 Å². The summed E-state index contributed by atoms with van der Waals surface area (Å²) in [5.74, 6) is -0.139. The first-order chi connectivity index (χ1) is 12.1. The van der Waals surface area contributed by atoms with Gasteiger partial charge < -0.3 is 10.2 Å². The minimum Gasteiger partial charge on any atom is -0.375 e. The van der Waals surface area contributed by atoms with Crippen molar-refractivity contribution >= 4 is 29.0 Å². The molecule has 0 atom stereocenters. The van der Waals surface area contributed by atoms with E-state index in [1.165, 1.54) is 0 Å². The van der Waals surface area contributed by atoms with E-state index in [0.717, 1.165) is 18.7 Å². The van der Waals surface area contributed by atoms with E-state index < -0.39 is 0 Å². The van der Waals surface area contributed by atoms with Gasteiger partial charge >= 0.3 is 0 Å². The SMILES string of the molecule is CN(CCCNC(=O)CCC(=O)c1ccc(Cl)cc1)c1ccccc1. The van der Waals surface area contributed by atoms with Gasteiger partial charge in [0.2, 0.25) is 5.91 Å². The van der Waals surface area contributed by atoms with Crippen LogP contribution in [0, 0.1) is 0 Å².